The lowest BCUT2D eigenvalue weighted by molar-refractivity contribution is -0.354. The first-order chi connectivity index (χ1) is 15.0. The second kappa shape index (κ2) is 9.77. The summed E-state index contributed by atoms with van der Waals surface area (Å²) >= 11 is 0. The summed E-state index contributed by atoms with van der Waals surface area (Å²) in [4.78, 5) is 0. The molecule has 2 aliphatic rings. The lowest BCUT2D eigenvalue weighted by atomic mass is 9.96. The third-order valence-electron chi connectivity index (χ3n) is 5.57. The zero-order valence-electron chi connectivity index (χ0n) is 18.5. The zero-order valence-corrected chi connectivity index (χ0v) is 18.5. The van der Waals surface area contributed by atoms with Gasteiger partial charge in [0.25, 0.3) is 0 Å². The van der Waals surface area contributed by atoms with Crippen LogP contribution >= 0.6 is 0 Å². The molecule has 0 saturated carbocycles. The summed E-state index contributed by atoms with van der Waals surface area (Å²) < 4.78 is 37.2. The van der Waals surface area contributed by atoms with E-state index in [1.165, 1.54) is 0 Å². The van der Waals surface area contributed by atoms with Crippen LogP contribution in [0.4, 0.5) is 0 Å². The van der Waals surface area contributed by atoms with Crippen molar-refractivity contribution in [3.63, 3.8) is 0 Å². The van der Waals surface area contributed by atoms with Gasteiger partial charge in [0.1, 0.15) is 24.9 Å². The number of hydrogen-bond acceptors (Lipinski definition) is 6. The molecule has 0 aliphatic carbocycles. The van der Waals surface area contributed by atoms with Crippen molar-refractivity contribution < 1.29 is 28.4 Å². The highest BCUT2D eigenvalue weighted by Gasteiger charge is 2.60. The Balaban J connectivity index is 1.55. The Labute approximate surface area is 184 Å². The summed E-state index contributed by atoms with van der Waals surface area (Å²) in [5.41, 5.74) is 2.18. The van der Waals surface area contributed by atoms with Gasteiger partial charge in [-0.2, -0.15) is 0 Å². The Morgan fingerprint density at radius 1 is 0.839 bits per heavy atom. The van der Waals surface area contributed by atoms with Gasteiger partial charge >= 0.3 is 0 Å². The van der Waals surface area contributed by atoms with Gasteiger partial charge in [-0.1, -0.05) is 60.7 Å². The molecule has 2 unspecified atom stereocenters. The molecule has 0 bridgehead atoms. The maximum absolute atomic E-state index is 6.42. The second-order valence-corrected chi connectivity index (χ2v) is 8.39. The minimum absolute atomic E-state index is 0.279. The molecule has 6 nitrogen and oxygen atoms in total. The van der Waals surface area contributed by atoms with Crippen LogP contribution in [0.5, 0.6) is 0 Å². The molecule has 0 N–H and O–H groups in total. The van der Waals surface area contributed by atoms with Gasteiger partial charge in [0.15, 0.2) is 5.79 Å². The Bertz CT molecular complexity index is 811. The van der Waals surface area contributed by atoms with Gasteiger partial charge in [0.05, 0.1) is 19.8 Å². The zero-order chi connectivity index (χ0) is 21.7. The maximum Gasteiger partial charge on any atom is 0.224 e. The lowest BCUT2D eigenvalue weighted by Gasteiger charge is -2.46. The van der Waals surface area contributed by atoms with Crippen molar-refractivity contribution >= 4 is 0 Å². The molecule has 2 heterocycles. The van der Waals surface area contributed by atoms with Crippen molar-refractivity contribution in [2.24, 2.45) is 0 Å². The van der Waals surface area contributed by atoms with Crippen LogP contribution in [-0.2, 0) is 41.6 Å². The second-order valence-electron chi connectivity index (χ2n) is 8.39. The van der Waals surface area contributed by atoms with Gasteiger partial charge in [0.2, 0.25) is 5.79 Å². The van der Waals surface area contributed by atoms with E-state index in [0.717, 1.165) is 11.1 Å². The van der Waals surface area contributed by atoms with E-state index in [4.69, 9.17) is 28.4 Å². The van der Waals surface area contributed by atoms with Crippen LogP contribution in [0.2, 0.25) is 0 Å². The van der Waals surface area contributed by atoms with Crippen LogP contribution in [0.3, 0.4) is 0 Å². The van der Waals surface area contributed by atoms with Gasteiger partial charge in [0, 0.05) is 6.61 Å². The van der Waals surface area contributed by atoms with Gasteiger partial charge in [-0.05, 0) is 31.9 Å². The van der Waals surface area contributed by atoms with Crippen molar-refractivity contribution in [2.75, 3.05) is 19.8 Å². The highest BCUT2D eigenvalue weighted by Crippen LogP contribution is 2.41. The first-order valence-electron chi connectivity index (χ1n) is 10.9. The summed E-state index contributed by atoms with van der Waals surface area (Å²) in [6.45, 7) is 7.73. The quantitative estimate of drug-likeness (QED) is 0.632. The standard InChI is InChI=1S/C25H32O6/c1-4-26-23-22(28-16-20-13-9-6-10-14-20)21(27-15-19-11-7-5-8-12-19)17-29-25(23)18-30-24(2,3)31-25/h5-14,21-23H,4,15-18H2,1-3H3/t21-,22?,23?,25+/m1/s1. The van der Waals surface area contributed by atoms with Crippen LogP contribution in [0.1, 0.15) is 31.9 Å². The predicted octanol–water partition coefficient (Wildman–Crippen LogP) is 4.07. The Hall–Kier alpha value is -1.80. The van der Waals surface area contributed by atoms with Crippen molar-refractivity contribution in [3.8, 4) is 0 Å². The minimum Gasteiger partial charge on any atom is -0.370 e. The maximum atomic E-state index is 6.42. The van der Waals surface area contributed by atoms with Crippen LogP contribution in [0, 0.1) is 0 Å². The molecular formula is C25H32O6. The monoisotopic (exact) mass is 428 g/mol. The SMILES string of the molecule is CCOC1C(OCc2ccccc2)[C@H](OCc2ccccc2)CO[C@]12COC(C)(C)O2. The lowest BCUT2D eigenvalue weighted by Crippen LogP contribution is -2.64. The Morgan fingerprint density at radius 3 is 2.00 bits per heavy atom. The predicted molar refractivity (Wildman–Crippen MR) is 115 cm³/mol. The van der Waals surface area contributed by atoms with Crippen LogP contribution in [0.15, 0.2) is 60.7 Å². The van der Waals surface area contributed by atoms with E-state index in [2.05, 4.69) is 0 Å². The molecule has 0 amide bonds. The molecule has 31 heavy (non-hydrogen) atoms. The summed E-state index contributed by atoms with van der Waals surface area (Å²) in [7, 11) is 0. The van der Waals surface area contributed by atoms with E-state index in [9.17, 15) is 0 Å². The fourth-order valence-corrected chi connectivity index (χ4v) is 4.09. The molecular weight excluding hydrogens is 396 g/mol. The van der Waals surface area contributed by atoms with E-state index in [1.807, 2.05) is 81.4 Å². The molecule has 0 radical (unpaired) electrons. The molecule has 6 heteroatoms. The van der Waals surface area contributed by atoms with E-state index in [0.29, 0.717) is 26.4 Å². The fourth-order valence-electron chi connectivity index (χ4n) is 4.09. The van der Waals surface area contributed by atoms with E-state index < -0.39 is 17.7 Å². The molecule has 2 saturated heterocycles. The molecule has 2 aromatic carbocycles. The van der Waals surface area contributed by atoms with Gasteiger partial charge in [-0.15, -0.1) is 0 Å². The molecule has 4 atom stereocenters. The summed E-state index contributed by atoms with van der Waals surface area (Å²) in [6.07, 6.45) is -1.17. The molecule has 168 valence electrons. The summed E-state index contributed by atoms with van der Waals surface area (Å²) in [6, 6.07) is 20.2. The molecule has 1 spiro atoms. The molecule has 2 aromatic rings. The summed E-state index contributed by atoms with van der Waals surface area (Å²) in [5.74, 6) is -1.77. The third kappa shape index (κ3) is 5.34. The normalized spacial score (nSPS) is 30.0. The minimum atomic E-state index is -1.02. The highest BCUT2D eigenvalue weighted by molar-refractivity contribution is 5.14. The first-order valence-corrected chi connectivity index (χ1v) is 10.9. The third-order valence-corrected chi connectivity index (χ3v) is 5.57. The smallest absolute Gasteiger partial charge is 0.224 e. The van der Waals surface area contributed by atoms with Crippen molar-refractivity contribution in [1.29, 1.82) is 0 Å². The van der Waals surface area contributed by atoms with Crippen molar-refractivity contribution in [3.05, 3.63) is 71.8 Å². The Kier molecular flexibility index (Phi) is 7.06. The van der Waals surface area contributed by atoms with Gasteiger partial charge in [-0.3, -0.25) is 0 Å². The number of rotatable bonds is 8. The number of benzene rings is 2. The Morgan fingerprint density at radius 2 is 1.45 bits per heavy atom. The van der Waals surface area contributed by atoms with Crippen LogP contribution in [-0.4, -0.2) is 49.7 Å². The molecule has 4 rings (SSSR count). The van der Waals surface area contributed by atoms with Gasteiger partial charge in [-0.25, -0.2) is 0 Å². The fraction of sp³-hybridized carbons (Fsp3) is 0.520. The highest BCUT2D eigenvalue weighted by atomic mass is 16.8. The average Bonchev–Trinajstić information content (AvgIpc) is 3.10. The van der Waals surface area contributed by atoms with Crippen LogP contribution in [0.25, 0.3) is 0 Å². The first kappa shape index (κ1) is 22.4. The molecule has 2 fully saturated rings. The van der Waals surface area contributed by atoms with E-state index >= 15 is 0 Å². The van der Waals surface area contributed by atoms with Crippen molar-refractivity contribution in [2.45, 2.75) is 63.9 Å². The van der Waals surface area contributed by atoms with Gasteiger partial charge < -0.3 is 28.4 Å². The molecule has 2 aliphatic heterocycles. The average molecular weight is 429 g/mol. The van der Waals surface area contributed by atoms with Crippen LogP contribution < -0.4 is 0 Å². The topological polar surface area (TPSA) is 55.4 Å². The molecule has 0 aromatic heterocycles. The largest absolute Gasteiger partial charge is 0.370 e. The summed E-state index contributed by atoms with van der Waals surface area (Å²) in [5, 5.41) is 0. The number of hydrogen-bond donors (Lipinski definition) is 0. The van der Waals surface area contributed by atoms with E-state index in [-0.39, 0.29) is 18.8 Å². The van der Waals surface area contributed by atoms with E-state index in [1.54, 1.807) is 0 Å². The van der Waals surface area contributed by atoms with Crippen molar-refractivity contribution in [1.82, 2.24) is 0 Å². The number of ether oxygens (including phenoxy) is 6.